The van der Waals surface area contributed by atoms with Gasteiger partial charge >= 0.3 is 5.97 Å². The fourth-order valence-electron chi connectivity index (χ4n) is 1.06. The molecule has 0 spiro atoms. The Morgan fingerprint density at radius 1 is 1.47 bits per heavy atom. The molecule has 1 aromatic rings. The van der Waals surface area contributed by atoms with Gasteiger partial charge in [0.15, 0.2) is 5.69 Å². The highest BCUT2D eigenvalue weighted by atomic mass is 32.2. The number of aromatic nitrogens is 2. The standard InChI is InChI=1S/C9H13N3O4S/c1-12(3-4-17(2,15)16)8-6-10-5-7(11-8)9(13)14/h5-6H,3-4H2,1-2H3,(H,13,14). The van der Waals surface area contributed by atoms with Crippen molar-refractivity contribution >= 4 is 21.6 Å². The SMILES string of the molecule is CN(CCS(C)(=O)=O)c1cncc(C(=O)O)n1. The molecule has 17 heavy (non-hydrogen) atoms. The minimum absolute atomic E-state index is 0.0253. The van der Waals surface area contributed by atoms with Crippen molar-refractivity contribution in [1.29, 1.82) is 0 Å². The Labute approximate surface area is 99.0 Å². The Balaban J connectivity index is 2.79. The van der Waals surface area contributed by atoms with E-state index >= 15 is 0 Å². The van der Waals surface area contributed by atoms with E-state index < -0.39 is 15.8 Å². The van der Waals surface area contributed by atoms with Gasteiger partial charge in [-0.3, -0.25) is 4.98 Å². The van der Waals surface area contributed by atoms with E-state index in [2.05, 4.69) is 9.97 Å². The lowest BCUT2D eigenvalue weighted by molar-refractivity contribution is 0.0690. The summed E-state index contributed by atoms with van der Waals surface area (Å²) >= 11 is 0. The number of aromatic carboxylic acids is 1. The lowest BCUT2D eigenvalue weighted by atomic mass is 10.4. The molecule has 1 aromatic heterocycles. The zero-order chi connectivity index (χ0) is 13.1. The monoisotopic (exact) mass is 259 g/mol. The summed E-state index contributed by atoms with van der Waals surface area (Å²) in [6.45, 7) is 0.233. The molecule has 94 valence electrons. The fourth-order valence-corrected chi connectivity index (χ4v) is 1.67. The molecule has 0 aliphatic rings. The van der Waals surface area contributed by atoms with Gasteiger partial charge in [-0.05, 0) is 0 Å². The van der Waals surface area contributed by atoms with Crippen LogP contribution in [0.2, 0.25) is 0 Å². The second kappa shape index (κ2) is 5.09. The number of hydrogen-bond donors (Lipinski definition) is 1. The summed E-state index contributed by atoms with van der Waals surface area (Å²) in [5.74, 6) is -0.868. The first-order valence-corrected chi connectivity index (χ1v) is 6.80. The molecule has 0 amide bonds. The molecule has 0 aliphatic heterocycles. The molecule has 0 saturated carbocycles. The zero-order valence-electron chi connectivity index (χ0n) is 9.49. The number of sulfone groups is 1. The van der Waals surface area contributed by atoms with Gasteiger partial charge in [0.2, 0.25) is 0 Å². The van der Waals surface area contributed by atoms with Crippen LogP contribution < -0.4 is 4.90 Å². The van der Waals surface area contributed by atoms with E-state index in [1.165, 1.54) is 6.20 Å². The van der Waals surface area contributed by atoms with Gasteiger partial charge in [0, 0.05) is 19.8 Å². The third-order valence-corrected chi connectivity index (χ3v) is 2.95. The Morgan fingerprint density at radius 3 is 2.65 bits per heavy atom. The topological polar surface area (TPSA) is 100 Å². The first kappa shape index (κ1) is 13.4. The van der Waals surface area contributed by atoms with E-state index in [0.29, 0.717) is 5.82 Å². The van der Waals surface area contributed by atoms with Gasteiger partial charge in [-0.2, -0.15) is 0 Å². The highest BCUT2D eigenvalue weighted by Crippen LogP contribution is 2.07. The van der Waals surface area contributed by atoms with Crippen molar-refractivity contribution in [2.24, 2.45) is 0 Å². The van der Waals surface area contributed by atoms with E-state index in [0.717, 1.165) is 12.5 Å². The molecule has 1 N–H and O–H groups in total. The second-order valence-electron chi connectivity index (χ2n) is 3.62. The van der Waals surface area contributed by atoms with Crippen molar-refractivity contribution in [3.63, 3.8) is 0 Å². The third kappa shape index (κ3) is 4.35. The summed E-state index contributed by atoms with van der Waals surface area (Å²) in [4.78, 5) is 19.8. The summed E-state index contributed by atoms with van der Waals surface area (Å²) < 4.78 is 22.0. The Kier molecular flexibility index (Phi) is 4.00. The van der Waals surface area contributed by atoms with Crippen LogP contribution >= 0.6 is 0 Å². The molecular formula is C9H13N3O4S. The normalized spacial score (nSPS) is 11.2. The third-order valence-electron chi connectivity index (χ3n) is 2.03. The molecular weight excluding hydrogens is 246 g/mol. The van der Waals surface area contributed by atoms with Gasteiger partial charge in [-0.25, -0.2) is 18.2 Å². The predicted molar refractivity (Wildman–Crippen MR) is 62.0 cm³/mol. The maximum absolute atomic E-state index is 11.0. The molecule has 0 radical (unpaired) electrons. The Bertz CT molecular complexity index is 515. The fraction of sp³-hybridized carbons (Fsp3) is 0.444. The van der Waals surface area contributed by atoms with Gasteiger partial charge < -0.3 is 10.0 Å². The lowest BCUT2D eigenvalue weighted by Crippen LogP contribution is -2.26. The molecule has 0 bridgehead atoms. The lowest BCUT2D eigenvalue weighted by Gasteiger charge is -2.16. The van der Waals surface area contributed by atoms with Gasteiger partial charge in [-0.1, -0.05) is 0 Å². The van der Waals surface area contributed by atoms with Crippen molar-refractivity contribution in [3.8, 4) is 0 Å². The zero-order valence-corrected chi connectivity index (χ0v) is 10.3. The summed E-state index contributed by atoms with van der Waals surface area (Å²) in [7, 11) is -1.43. The minimum Gasteiger partial charge on any atom is -0.476 e. The average molecular weight is 259 g/mol. The maximum atomic E-state index is 11.0. The molecule has 1 heterocycles. The minimum atomic E-state index is -3.06. The number of anilines is 1. The molecule has 0 aromatic carbocycles. The van der Waals surface area contributed by atoms with Crippen molar-refractivity contribution in [3.05, 3.63) is 18.1 Å². The van der Waals surface area contributed by atoms with Crippen LogP contribution in [0.1, 0.15) is 10.5 Å². The number of nitrogens with zero attached hydrogens (tertiary/aromatic N) is 3. The van der Waals surface area contributed by atoms with Crippen molar-refractivity contribution in [2.75, 3.05) is 30.5 Å². The molecule has 0 unspecified atom stereocenters. The van der Waals surface area contributed by atoms with Gasteiger partial charge in [0.05, 0.1) is 18.1 Å². The average Bonchev–Trinajstić information content (AvgIpc) is 2.25. The van der Waals surface area contributed by atoms with Crippen LogP contribution in [0, 0.1) is 0 Å². The Hall–Kier alpha value is -1.70. The smallest absolute Gasteiger partial charge is 0.356 e. The highest BCUT2D eigenvalue weighted by Gasteiger charge is 2.11. The van der Waals surface area contributed by atoms with E-state index in [1.807, 2.05) is 0 Å². The van der Waals surface area contributed by atoms with Crippen LogP contribution in [0.4, 0.5) is 5.82 Å². The van der Waals surface area contributed by atoms with Gasteiger partial charge in [0.1, 0.15) is 15.7 Å². The van der Waals surface area contributed by atoms with Crippen molar-refractivity contribution in [1.82, 2.24) is 9.97 Å². The van der Waals surface area contributed by atoms with E-state index in [-0.39, 0.29) is 18.0 Å². The van der Waals surface area contributed by atoms with Crippen LogP contribution in [0.3, 0.4) is 0 Å². The van der Waals surface area contributed by atoms with E-state index in [4.69, 9.17) is 5.11 Å². The van der Waals surface area contributed by atoms with Crippen molar-refractivity contribution in [2.45, 2.75) is 0 Å². The van der Waals surface area contributed by atoms with Gasteiger partial charge in [0.25, 0.3) is 0 Å². The quantitative estimate of drug-likeness (QED) is 0.771. The molecule has 1 rings (SSSR count). The van der Waals surface area contributed by atoms with Gasteiger partial charge in [-0.15, -0.1) is 0 Å². The van der Waals surface area contributed by atoms with Crippen LogP contribution in [0.25, 0.3) is 0 Å². The molecule has 0 atom stereocenters. The molecule has 0 saturated heterocycles. The van der Waals surface area contributed by atoms with Crippen LogP contribution in [-0.2, 0) is 9.84 Å². The van der Waals surface area contributed by atoms with Crippen LogP contribution in [0.5, 0.6) is 0 Å². The summed E-state index contributed by atoms with van der Waals surface area (Å²) in [6.07, 6.45) is 3.66. The number of carboxylic acid groups (broad SMARTS) is 1. The number of carboxylic acids is 1. The summed E-state index contributed by atoms with van der Waals surface area (Å²) in [6, 6.07) is 0. The first-order valence-electron chi connectivity index (χ1n) is 4.74. The summed E-state index contributed by atoms with van der Waals surface area (Å²) in [5.41, 5.74) is -0.172. The molecule has 7 nitrogen and oxygen atoms in total. The van der Waals surface area contributed by atoms with Crippen LogP contribution in [0.15, 0.2) is 12.4 Å². The highest BCUT2D eigenvalue weighted by molar-refractivity contribution is 7.90. The largest absolute Gasteiger partial charge is 0.476 e. The molecule has 0 fully saturated rings. The molecule has 0 aliphatic carbocycles. The Morgan fingerprint density at radius 2 is 2.12 bits per heavy atom. The van der Waals surface area contributed by atoms with Crippen LogP contribution in [-0.4, -0.2) is 55.1 Å². The summed E-state index contributed by atoms with van der Waals surface area (Å²) in [5, 5.41) is 8.73. The number of rotatable bonds is 5. The molecule has 8 heteroatoms. The maximum Gasteiger partial charge on any atom is 0.356 e. The predicted octanol–water partition coefficient (Wildman–Crippen LogP) is -0.344. The van der Waals surface area contributed by atoms with Crippen molar-refractivity contribution < 1.29 is 18.3 Å². The second-order valence-corrected chi connectivity index (χ2v) is 5.88. The first-order chi connectivity index (χ1) is 7.79. The number of carbonyl (C=O) groups is 1. The van der Waals surface area contributed by atoms with E-state index in [9.17, 15) is 13.2 Å². The van der Waals surface area contributed by atoms with E-state index in [1.54, 1.807) is 11.9 Å². The number of hydrogen-bond acceptors (Lipinski definition) is 6.